The number of carbonyl (C=O) groups excluding carboxylic acids is 4. The summed E-state index contributed by atoms with van der Waals surface area (Å²) in [6, 6.07) is 5.73. The lowest BCUT2D eigenvalue weighted by atomic mass is 9.67. The van der Waals surface area contributed by atoms with Crippen molar-refractivity contribution in [3.05, 3.63) is 29.3 Å². The number of Topliss-reactive ketones (excluding diaryl/α,β-unsaturated/α-hetero) is 1. The molecule has 2 aliphatic carbocycles. The summed E-state index contributed by atoms with van der Waals surface area (Å²) in [5.41, 5.74) is 2.64. The van der Waals surface area contributed by atoms with Gasteiger partial charge in [0.25, 0.3) is 5.91 Å². The number of ketones is 1. The van der Waals surface area contributed by atoms with Gasteiger partial charge < -0.3 is 15.0 Å². The highest BCUT2D eigenvalue weighted by atomic mass is 16.5. The minimum Gasteiger partial charge on any atom is -0.455 e. The molecule has 2 fully saturated rings. The van der Waals surface area contributed by atoms with Gasteiger partial charge in [-0.25, -0.2) is 0 Å². The molecule has 3 atom stereocenters. The minimum absolute atomic E-state index is 0.0398. The van der Waals surface area contributed by atoms with Crippen molar-refractivity contribution in [2.24, 2.45) is 17.8 Å². The Morgan fingerprint density at radius 1 is 1.10 bits per heavy atom. The Hall–Kier alpha value is -2.70. The van der Waals surface area contributed by atoms with Crippen LogP contribution in [0.1, 0.15) is 43.2 Å². The third-order valence-corrected chi connectivity index (χ3v) is 6.27. The zero-order valence-corrected chi connectivity index (χ0v) is 17.9. The number of aryl methyl sites for hydroxylation is 2. The van der Waals surface area contributed by atoms with E-state index >= 15 is 0 Å². The maximum atomic E-state index is 12.4. The zero-order valence-electron chi connectivity index (χ0n) is 17.9. The van der Waals surface area contributed by atoms with E-state index in [0.717, 1.165) is 36.1 Å². The first kappa shape index (κ1) is 22.0. The molecule has 3 rings (SSSR count). The third kappa shape index (κ3) is 5.07. The second-order valence-corrected chi connectivity index (χ2v) is 8.57. The predicted octanol–water partition coefficient (Wildman–Crippen LogP) is 2.64. The molecule has 162 valence electrons. The second kappa shape index (κ2) is 9.41. The van der Waals surface area contributed by atoms with Crippen molar-refractivity contribution in [1.29, 1.82) is 0 Å². The molecule has 2 amide bonds. The lowest BCUT2D eigenvalue weighted by Crippen LogP contribution is -2.41. The second-order valence-electron chi connectivity index (χ2n) is 8.57. The van der Waals surface area contributed by atoms with Crippen LogP contribution in [-0.4, -0.2) is 48.7 Å². The van der Waals surface area contributed by atoms with Crippen molar-refractivity contribution in [2.45, 2.75) is 46.0 Å². The number of nitrogens with zero attached hydrogens (tertiary/aromatic N) is 1. The average molecular weight is 415 g/mol. The number of para-hydroxylation sites is 1. The number of hydrogen-bond donors (Lipinski definition) is 1. The number of nitrogens with one attached hydrogen (secondary N) is 1. The van der Waals surface area contributed by atoms with Crippen LogP contribution in [0.15, 0.2) is 18.2 Å². The van der Waals surface area contributed by atoms with Crippen molar-refractivity contribution < 1.29 is 23.9 Å². The Morgan fingerprint density at radius 2 is 1.70 bits per heavy atom. The molecule has 7 nitrogen and oxygen atoms in total. The summed E-state index contributed by atoms with van der Waals surface area (Å²) in [5.74, 6) is -1.27. The summed E-state index contributed by atoms with van der Waals surface area (Å²) in [4.78, 5) is 50.4. The van der Waals surface area contributed by atoms with Crippen LogP contribution in [0.2, 0.25) is 0 Å². The fourth-order valence-corrected chi connectivity index (χ4v) is 4.53. The number of esters is 1. The van der Waals surface area contributed by atoms with Crippen LogP contribution in [0, 0.1) is 31.6 Å². The molecule has 0 saturated heterocycles. The maximum absolute atomic E-state index is 12.4. The Morgan fingerprint density at radius 3 is 2.30 bits per heavy atom. The van der Waals surface area contributed by atoms with Gasteiger partial charge >= 0.3 is 5.97 Å². The number of benzene rings is 1. The van der Waals surface area contributed by atoms with Gasteiger partial charge in [0.15, 0.2) is 6.61 Å². The van der Waals surface area contributed by atoms with E-state index in [4.69, 9.17) is 4.74 Å². The molecular weight excluding hydrogens is 384 g/mol. The van der Waals surface area contributed by atoms with Gasteiger partial charge in [0.2, 0.25) is 5.91 Å². The van der Waals surface area contributed by atoms with Gasteiger partial charge in [0, 0.05) is 24.6 Å². The quantitative estimate of drug-likeness (QED) is 0.723. The Balaban J connectivity index is 1.46. The predicted molar refractivity (Wildman–Crippen MR) is 112 cm³/mol. The van der Waals surface area contributed by atoms with Gasteiger partial charge in [-0.3, -0.25) is 19.2 Å². The van der Waals surface area contributed by atoms with Crippen LogP contribution in [-0.2, 0) is 23.9 Å². The van der Waals surface area contributed by atoms with Crippen LogP contribution in [0.4, 0.5) is 5.69 Å². The number of fused-ring (bicyclic) bond motifs is 2. The summed E-state index contributed by atoms with van der Waals surface area (Å²) in [7, 11) is 1.50. The standard InChI is InChI=1S/C23H30N2O5/c1-14-6-4-7-15(2)21(14)24-19(26)12-25(3)20(27)13-30-23(29)18-10-16-8-5-9-17(11-18)22(16)28/h4,6-7,16-18H,5,8-13H2,1-3H3,(H,24,26)/t16-,17+,18?. The zero-order chi connectivity index (χ0) is 21.8. The van der Waals surface area contributed by atoms with Gasteiger partial charge in [-0.1, -0.05) is 24.6 Å². The number of carbonyl (C=O) groups is 4. The van der Waals surface area contributed by atoms with Crippen LogP contribution < -0.4 is 5.32 Å². The molecule has 0 aliphatic heterocycles. The van der Waals surface area contributed by atoms with Crippen molar-refractivity contribution in [1.82, 2.24) is 4.90 Å². The Labute approximate surface area is 177 Å². The number of rotatable bonds is 6. The SMILES string of the molecule is Cc1cccc(C)c1NC(=O)CN(C)C(=O)COC(=O)C1C[C@H]2CCC[C@@H](C1)C2=O. The number of likely N-dealkylation sites (N-methyl/N-ethyl adjacent to an activating group) is 1. The van der Waals surface area contributed by atoms with Crippen LogP contribution in [0.5, 0.6) is 0 Å². The van der Waals surface area contributed by atoms with E-state index < -0.39 is 18.5 Å². The molecule has 1 aromatic rings. The lowest BCUT2D eigenvalue weighted by molar-refractivity contribution is -0.158. The maximum Gasteiger partial charge on any atom is 0.309 e. The summed E-state index contributed by atoms with van der Waals surface area (Å²) in [6.45, 7) is 3.28. The van der Waals surface area contributed by atoms with Gasteiger partial charge in [0.05, 0.1) is 12.5 Å². The molecule has 0 aromatic heterocycles. The molecule has 1 aromatic carbocycles. The molecule has 2 aliphatic rings. The summed E-state index contributed by atoms with van der Waals surface area (Å²) in [6.07, 6.45) is 3.77. The fourth-order valence-electron chi connectivity index (χ4n) is 4.53. The highest BCUT2D eigenvalue weighted by Gasteiger charge is 2.41. The molecule has 2 saturated carbocycles. The lowest BCUT2D eigenvalue weighted by Gasteiger charge is -2.36. The molecule has 30 heavy (non-hydrogen) atoms. The molecule has 7 heteroatoms. The third-order valence-electron chi connectivity index (χ3n) is 6.27. The monoisotopic (exact) mass is 414 g/mol. The molecule has 0 heterocycles. The van der Waals surface area contributed by atoms with Gasteiger partial charge in [-0.05, 0) is 50.7 Å². The van der Waals surface area contributed by atoms with E-state index in [1.807, 2.05) is 32.0 Å². The molecule has 1 N–H and O–H groups in total. The van der Waals surface area contributed by atoms with E-state index in [2.05, 4.69) is 5.32 Å². The molecule has 2 bridgehead atoms. The first-order valence-electron chi connectivity index (χ1n) is 10.6. The van der Waals surface area contributed by atoms with Crippen molar-refractivity contribution in [3.8, 4) is 0 Å². The molecule has 1 unspecified atom stereocenters. The van der Waals surface area contributed by atoms with Crippen molar-refractivity contribution in [2.75, 3.05) is 25.5 Å². The molecule has 0 spiro atoms. The highest BCUT2D eigenvalue weighted by molar-refractivity contribution is 5.96. The van der Waals surface area contributed by atoms with E-state index in [0.29, 0.717) is 12.8 Å². The summed E-state index contributed by atoms with van der Waals surface area (Å²) in [5, 5.41) is 2.84. The van der Waals surface area contributed by atoms with Crippen LogP contribution >= 0.6 is 0 Å². The van der Waals surface area contributed by atoms with Gasteiger partial charge in [-0.2, -0.15) is 0 Å². The first-order chi connectivity index (χ1) is 14.3. The van der Waals surface area contributed by atoms with Crippen LogP contribution in [0.3, 0.4) is 0 Å². The topological polar surface area (TPSA) is 92.8 Å². The fraction of sp³-hybridized carbons (Fsp3) is 0.565. The normalized spacial score (nSPS) is 22.9. The molecular formula is C23H30N2O5. The van der Waals surface area contributed by atoms with Crippen molar-refractivity contribution >= 4 is 29.3 Å². The van der Waals surface area contributed by atoms with E-state index in [9.17, 15) is 19.2 Å². The minimum atomic E-state index is -0.438. The molecule has 0 radical (unpaired) electrons. The highest BCUT2D eigenvalue weighted by Crippen LogP contribution is 2.40. The van der Waals surface area contributed by atoms with Gasteiger partial charge in [-0.15, -0.1) is 0 Å². The van der Waals surface area contributed by atoms with E-state index in [1.54, 1.807) is 0 Å². The van der Waals surface area contributed by atoms with Crippen LogP contribution in [0.25, 0.3) is 0 Å². The average Bonchev–Trinajstić information content (AvgIpc) is 2.68. The number of amides is 2. The largest absolute Gasteiger partial charge is 0.455 e. The summed E-state index contributed by atoms with van der Waals surface area (Å²) < 4.78 is 5.23. The van der Waals surface area contributed by atoms with E-state index in [1.165, 1.54) is 11.9 Å². The first-order valence-corrected chi connectivity index (χ1v) is 10.6. The Kier molecular flexibility index (Phi) is 6.90. The van der Waals surface area contributed by atoms with Crippen molar-refractivity contribution in [3.63, 3.8) is 0 Å². The van der Waals surface area contributed by atoms with Gasteiger partial charge in [0.1, 0.15) is 5.78 Å². The number of ether oxygens (including phenoxy) is 1. The number of hydrogen-bond acceptors (Lipinski definition) is 5. The smallest absolute Gasteiger partial charge is 0.309 e. The number of anilines is 1. The summed E-state index contributed by atoms with van der Waals surface area (Å²) >= 11 is 0. The van der Waals surface area contributed by atoms with E-state index in [-0.39, 0.29) is 36.0 Å². The Bertz CT molecular complexity index is 814.